The van der Waals surface area contributed by atoms with Crippen molar-refractivity contribution < 1.29 is 0 Å². The van der Waals surface area contributed by atoms with E-state index < -0.39 is 0 Å². The summed E-state index contributed by atoms with van der Waals surface area (Å²) in [7, 11) is 0. The van der Waals surface area contributed by atoms with Crippen LogP contribution in [0.25, 0.3) is 17.0 Å². The molecule has 3 rings (SSSR count). The average molecular weight is 219 g/mol. The highest BCUT2D eigenvalue weighted by Gasteiger charge is 2.03. The molecule has 2 aromatic heterocycles. The van der Waals surface area contributed by atoms with Crippen LogP contribution in [0.15, 0.2) is 36.9 Å². The summed E-state index contributed by atoms with van der Waals surface area (Å²) in [4.78, 5) is 11.5. The van der Waals surface area contributed by atoms with Gasteiger partial charge < -0.3 is 4.98 Å². The van der Waals surface area contributed by atoms with Crippen molar-refractivity contribution in [1.29, 1.82) is 0 Å². The minimum Gasteiger partial charge on any atom is -0.323 e. The quantitative estimate of drug-likeness (QED) is 0.682. The first kappa shape index (κ1) is 8.49. The van der Waals surface area contributed by atoms with Crippen molar-refractivity contribution in [3.05, 3.63) is 41.9 Å². The predicted octanol–water partition coefficient (Wildman–Crippen LogP) is 2.40. The van der Waals surface area contributed by atoms with E-state index in [1.807, 2.05) is 29.0 Å². The van der Waals surface area contributed by atoms with E-state index in [0.717, 1.165) is 17.0 Å². The fourth-order valence-electron chi connectivity index (χ4n) is 1.48. The van der Waals surface area contributed by atoms with Gasteiger partial charge in [0, 0.05) is 17.4 Å². The van der Waals surface area contributed by atoms with Crippen LogP contribution >= 0.6 is 11.6 Å². The zero-order valence-corrected chi connectivity index (χ0v) is 8.44. The Morgan fingerprint density at radius 3 is 3.07 bits per heavy atom. The van der Waals surface area contributed by atoms with Crippen LogP contribution in [-0.4, -0.2) is 19.5 Å². The van der Waals surface area contributed by atoms with E-state index in [1.165, 1.54) is 0 Å². The number of halogens is 1. The molecule has 0 aliphatic heterocycles. The third kappa shape index (κ3) is 1.39. The predicted molar refractivity (Wildman–Crippen MR) is 58.2 cm³/mol. The van der Waals surface area contributed by atoms with Gasteiger partial charge in [-0.15, -0.1) is 0 Å². The molecule has 0 saturated heterocycles. The van der Waals surface area contributed by atoms with E-state index >= 15 is 0 Å². The van der Waals surface area contributed by atoms with E-state index in [2.05, 4.69) is 15.0 Å². The molecule has 0 aliphatic rings. The monoisotopic (exact) mass is 218 g/mol. The fourth-order valence-corrected chi connectivity index (χ4v) is 1.65. The number of aromatic nitrogens is 4. The molecule has 5 heteroatoms. The number of nitrogens with one attached hydrogen (secondary N) is 1. The molecule has 0 atom stereocenters. The first-order chi connectivity index (χ1) is 7.33. The zero-order valence-electron chi connectivity index (χ0n) is 7.68. The number of fused-ring (bicyclic) bond motifs is 1. The molecule has 0 amide bonds. The van der Waals surface area contributed by atoms with Gasteiger partial charge in [0.2, 0.25) is 5.95 Å². The number of imidazole rings is 2. The third-order valence-corrected chi connectivity index (χ3v) is 2.42. The van der Waals surface area contributed by atoms with Gasteiger partial charge in [0.05, 0.1) is 11.0 Å². The zero-order chi connectivity index (χ0) is 10.3. The van der Waals surface area contributed by atoms with Gasteiger partial charge in [-0.3, -0.25) is 4.57 Å². The molecule has 74 valence electrons. The fraction of sp³-hybridized carbons (Fsp3) is 0. The minimum absolute atomic E-state index is 0.698. The van der Waals surface area contributed by atoms with Gasteiger partial charge in [0.1, 0.15) is 6.33 Å². The number of benzene rings is 1. The molecule has 0 fully saturated rings. The lowest BCUT2D eigenvalue weighted by atomic mass is 10.3. The molecule has 3 aromatic rings. The summed E-state index contributed by atoms with van der Waals surface area (Å²) >= 11 is 5.89. The molecule has 4 nitrogen and oxygen atoms in total. The van der Waals surface area contributed by atoms with Crippen molar-refractivity contribution >= 4 is 22.6 Å². The molecule has 1 N–H and O–H groups in total. The number of hydrogen-bond acceptors (Lipinski definition) is 2. The Morgan fingerprint density at radius 1 is 1.33 bits per heavy atom. The number of H-pyrrole nitrogens is 1. The van der Waals surface area contributed by atoms with Crippen LogP contribution in [-0.2, 0) is 0 Å². The Morgan fingerprint density at radius 2 is 2.27 bits per heavy atom. The highest BCUT2D eigenvalue weighted by Crippen LogP contribution is 2.18. The highest BCUT2D eigenvalue weighted by atomic mass is 35.5. The van der Waals surface area contributed by atoms with E-state index in [9.17, 15) is 0 Å². The molecule has 0 radical (unpaired) electrons. The van der Waals surface area contributed by atoms with Crippen LogP contribution in [0.1, 0.15) is 0 Å². The Labute approximate surface area is 90.5 Å². The number of rotatable bonds is 1. The average Bonchev–Trinajstić information content (AvgIpc) is 2.84. The van der Waals surface area contributed by atoms with Crippen LogP contribution in [0.3, 0.4) is 0 Å². The Balaban J connectivity index is 2.22. The second-order valence-electron chi connectivity index (χ2n) is 3.19. The van der Waals surface area contributed by atoms with Gasteiger partial charge in [0.15, 0.2) is 0 Å². The summed E-state index contributed by atoms with van der Waals surface area (Å²) in [6.07, 6.45) is 5.23. The van der Waals surface area contributed by atoms with Gasteiger partial charge >= 0.3 is 0 Å². The molecule has 0 unspecified atom stereocenters. The van der Waals surface area contributed by atoms with Crippen LogP contribution in [0, 0.1) is 0 Å². The van der Waals surface area contributed by atoms with E-state index in [1.54, 1.807) is 12.5 Å². The summed E-state index contributed by atoms with van der Waals surface area (Å²) in [6.45, 7) is 0. The second-order valence-corrected chi connectivity index (χ2v) is 3.63. The van der Waals surface area contributed by atoms with Gasteiger partial charge in [0.25, 0.3) is 0 Å². The smallest absolute Gasteiger partial charge is 0.213 e. The van der Waals surface area contributed by atoms with Gasteiger partial charge in [-0.1, -0.05) is 11.6 Å². The van der Waals surface area contributed by atoms with Gasteiger partial charge in [-0.25, -0.2) is 9.97 Å². The second kappa shape index (κ2) is 3.10. The molecule has 2 heterocycles. The van der Waals surface area contributed by atoms with Crippen molar-refractivity contribution in [3.8, 4) is 5.95 Å². The molecule has 15 heavy (non-hydrogen) atoms. The standard InChI is InChI=1S/C10H7ClN4/c11-7-1-2-8-9(5-7)14-10(13-8)15-4-3-12-6-15/h1-6H,(H,13,14). The summed E-state index contributed by atoms with van der Waals surface area (Å²) < 4.78 is 1.81. The maximum atomic E-state index is 5.89. The van der Waals surface area contributed by atoms with E-state index in [-0.39, 0.29) is 0 Å². The third-order valence-electron chi connectivity index (χ3n) is 2.18. The highest BCUT2D eigenvalue weighted by molar-refractivity contribution is 6.31. The van der Waals surface area contributed by atoms with Gasteiger partial charge in [-0.05, 0) is 18.2 Å². The number of aromatic amines is 1. The Kier molecular flexibility index (Phi) is 1.76. The normalized spacial score (nSPS) is 11.0. The summed E-state index contributed by atoms with van der Waals surface area (Å²) in [5.41, 5.74) is 1.81. The molecule has 0 aliphatic carbocycles. The maximum absolute atomic E-state index is 5.89. The minimum atomic E-state index is 0.698. The lowest BCUT2D eigenvalue weighted by Crippen LogP contribution is -1.91. The van der Waals surface area contributed by atoms with Crippen molar-refractivity contribution in [2.75, 3.05) is 0 Å². The lowest BCUT2D eigenvalue weighted by Gasteiger charge is -1.92. The van der Waals surface area contributed by atoms with Crippen LogP contribution in [0.4, 0.5) is 0 Å². The van der Waals surface area contributed by atoms with Crippen molar-refractivity contribution in [3.63, 3.8) is 0 Å². The van der Waals surface area contributed by atoms with Crippen LogP contribution in [0.5, 0.6) is 0 Å². The molecule has 0 spiro atoms. The summed E-state index contributed by atoms with van der Waals surface area (Å²) in [5, 5.41) is 0.698. The van der Waals surface area contributed by atoms with Gasteiger partial charge in [-0.2, -0.15) is 0 Å². The SMILES string of the molecule is Clc1ccc2nc(-n3ccnc3)[nH]c2c1. The maximum Gasteiger partial charge on any atom is 0.213 e. The first-order valence-electron chi connectivity index (χ1n) is 4.46. The number of nitrogens with zero attached hydrogens (tertiary/aromatic N) is 3. The van der Waals surface area contributed by atoms with Crippen molar-refractivity contribution in [2.45, 2.75) is 0 Å². The number of hydrogen-bond donors (Lipinski definition) is 1. The van der Waals surface area contributed by atoms with Crippen molar-refractivity contribution in [1.82, 2.24) is 19.5 Å². The first-order valence-corrected chi connectivity index (χ1v) is 4.84. The molecule has 1 aromatic carbocycles. The van der Waals surface area contributed by atoms with Crippen LogP contribution in [0.2, 0.25) is 5.02 Å². The Bertz CT molecular complexity index is 597. The van der Waals surface area contributed by atoms with E-state index in [0.29, 0.717) is 5.02 Å². The summed E-state index contributed by atoms with van der Waals surface area (Å²) in [6, 6.07) is 5.56. The van der Waals surface area contributed by atoms with E-state index in [4.69, 9.17) is 11.6 Å². The topological polar surface area (TPSA) is 46.5 Å². The molecular formula is C10H7ClN4. The molecule has 0 bridgehead atoms. The van der Waals surface area contributed by atoms with Crippen LogP contribution < -0.4 is 0 Å². The lowest BCUT2D eigenvalue weighted by molar-refractivity contribution is 0.967. The molecule has 0 saturated carbocycles. The van der Waals surface area contributed by atoms with Crippen molar-refractivity contribution in [2.24, 2.45) is 0 Å². The molecular weight excluding hydrogens is 212 g/mol. The Hall–Kier alpha value is -1.81. The largest absolute Gasteiger partial charge is 0.323 e. The summed E-state index contributed by atoms with van der Waals surface area (Å²) in [5.74, 6) is 0.741.